The van der Waals surface area contributed by atoms with Crippen LogP contribution in [0.25, 0.3) is 72.0 Å². The van der Waals surface area contributed by atoms with Gasteiger partial charge in [0.2, 0.25) is 0 Å². The number of hydrogen-bond donors (Lipinski definition) is 0. The van der Waals surface area contributed by atoms with E-state index in [-0.39, 0.29) is 0 Å². The number of benzene rings is 9. The fraction of sp³-hybridized carbons (Fsp3) is 0.0357. The molecule has 0 aliphatic rings. The molecule has 0 saturated heterocycles. The third-order valence-corrected chi connectivity index (χ3v) is 11.4. The Hall–Kier alpha value is -7.42. The molecule has 0 amide bonds. The van der Waals surface area contributed by atoms with Crippen molar-refractivity contribution in [1.82, 2.24) is 4.57 Å². The Balaban J connectivity index is 0.993. The summed E-state index contributed by atoms with van der Waals surface area (Å²) in [6.45, 7) is 4.50. The van der Waals surface area contributed by atoms with Crippen molar-refractivity contribution in [2.45, 2.75) is 13.8 Å². The molecule has 0 atom stereocenters. The van der Waals surface area contributed by atoms with Crippen molar-refractivity contribution in [3.63, 3.8) is 0 Å². The van der Waals surface area contributed by atoms with Gasteiger partial charge in [0.25, 0.3) is 0 Å². The van der Waals surface area contributed by atoms with Crippen molar-refractivity contribution in [3.8, 4) is 50.2 Å². The van der Waals surface area contributed by atoms with Crippen LogP contribution in [0.5, 0.6) is 0 Å². The predicted molar refractivity (Wildman–Crippen MR) is 247 cm³/mol. The van der Waals surface area contributed by atoms with E-state index in [9.17, 15) is 0 Å². The van der Waals surface area contributed by atoms with Gasteiger partial charge in [-0.05, 0) is 136 Å². The quantitative estimate of drug-likeness (QED) is 0.150. The van der Waals surface area contributed by atoms with Crippen molar-refractivity contribution >= 4 is 38.9 Å². The molecule has 1 aromatic heterocycles. The van der Waals surface area contributed by atoms with E-state index in [1.165, 1.54) is 83.1 Å². The van der Waals surface area contributed by atoms with E-state index in [0.717, 1.165) is 17.1 Å². The lowest BCUT2D eigenvalue weighted by molar-refractivity contribution is 1.18. The van der Waals surface area contributed by atoms with E-state index in [0.29, 0.717) is 0 Å². The molecule has 9 aromatic carbocycles. The average Bonchev–Trinajstić information content (AvgIpc) is 3.62. The lowest BCUT2D eigenvalue weighted by Crippen LogP contribution is -2.09. The minimum absolute atomic E-state index is 1.11. The van der Waals surface area contributed by atoms with E-state index in [4.69, 9.17) is 0 Å². The summed E-state index contributed by atoms with van der Waals surface area (Å²) in [6.07, 6.45) is 0. The number of nitrogens with zero attached hydrogens (tertiary/aromatic N) is 2. The topological polar surface area (TPSA) is 8.17 Å². The van der Waals surface area contributed by atoms with Crippen LogP contribution >= 0.6 is 0 Å². The molecule has 0 unspecified atom stereocenters. The minimum atomic E-state index is 1.11. The zero-order valence-corrected chi connectivity index (χ0v) is 32.7. The maximum Gasteiger partial charge on any atom is 0.0541 e. The van der Waals surface area contributed by atoms with E-state index < -0.39 is 0 Å². The van der Waals surface area contributed by atoms with Crippen LogP contribution < -0.4 is 4.90 Å². The van der Waals surface area contributed by atoms with E-state index >= 15 is 0 Å². The van der Waals surface area contributed by atoms with Crippen LogP contribution in [0, 0.1) is 13.8 Å². The Bertz CT molecular complexity index is 2910. The molecule has 10 aromatic rings. The highest BCUT2D eigenvalue weighted by Gasteiger charge is 2.17. The Morgan fingerprint density at radius 1 is 0.310 bits per heavy atom. The first kappa shape index (κ1) is 35.0. The van der Waals surface area contributed by atoms with Gasteiger partial charge in [0.1, 0.15) is 0 Å². The monoisotopic (exact) mass is 742 g/mol. The molecule has 0 N–H and O–H groups in total. The molecule has 0 fully saturated rings. The Morgan fingerprint density at radius 3 is 1.22 bits per heavy atom. The summed E-state index contributed by atoms with van der Waals surface area (Å²) in [5.74, 6) is 0. The largest absolute Gasteiger partial charge is 0.311 e. The van der Waals surface area contributed by atoms with Gasteiger partial charge in [-0.25, -0.2) is 0 Å². The molecule has 0 saturated carbocycles. The molecule has 0 spiro atoms. The zero-order chi connectivity index (χ0) is 39.0. The molecule has 10 rings (SSSR count). The maximum absolute atomic E-state index is 2.38. The second kappa shape index (κ2) is 14.9. The van der Waals surface area contributed by atoms with Gasteiger partial charge in [-0.3, -0.25) is 0 Å². The molecule has 0 bridgehead atoms. The van der Waals surface area contributed by atoms with Crippen LogP contribution in [0.1, 0.15) is 11.1 Å². The van der Waals surface area contributed by atoms with E-state index in [1.54, 1.807) is 0 Å². The number of aromatic nitrogens is 1. The standard InChI is InChI=1S/C56H42N2/c1-39-36-47(37-40(2)56(39)46-28-35-55-53(38-46)52-20-12-13-21-54(52)58(55)48-18-10-5-11-19-48)45-26-33-51(34-27-45)57(49-29-22-43(23-30-49)41-14-6-3-7-15-41)50-31-24-44(25-32-50)42-16-8-4-9-17-42/h3-38H,1-2H3. The number of aryl methyl sites for hydroxylation is 2. The molecular formula is C56H42N2. The van der Waals surface area contributed by atoms with Gasteiger partial charge < -0.3 is 9.47 Å². The van der Waals surface area contributed by atoms with Crippen LogP contribution in [-0.2, 0) is 0 Å². The first-order chi connectivity index (χ1) is 28.6. The van der Waals surface area contributed by atoms with Gasteiger partial charge in [0.15, 0.2) is 0 Å². The fourth-order valence-electron chi connectivity index (χ4n) is 8.69. The van der Waals surface area contributed by atoms with Crippen molar-refractivity contribution in [2.75, 3.05) is 4.90 Å². The Kier molecular flexibility index (Phi) is 9.01. The van der Waals surface area contributed by atoms with E-state index in [1.807, 2.05) is 0 Å². The van der Waals surface area contributed by atoms with Gasteiger partial charge in [0, 0.05) is 33.5 Å². The molecule has 276 valence electrons. The van der Waals surface area contributed by atoms with Crippen molar-refractivity contribution in [1.29, 1.82) is 0 Å². The third-order valence-electron chi connectivity index (χ3n) is 11.4. The SMILES string of the molecule is Cc1cc(-c2ccc(N(c3ccc(-c4ccccc4)cc3)c3ccc(-c4ccccc4)cc3)cc2)cc(C)c1-c1ccc2c(c1)c1ccccc1n2-c1ccccc1. The highest BCUT2D eigenvalue weighted by molar-refractivity contribution is 6.10. The molecule has 2 heteroatoms. The number of rotatable bonds is 8. The summed E-state index contributed by atoms with van der Waals surface area (Å²) in [4.78, 5) is 2.35. The smallest absolute Gasteiger partial charge is 0.0541 e. The number of anilines is 3. The summed E-state index contributed by atoms with van der Waals surface area (Å²) in [5, 5.41) is 2.54. The highest BCUT2D eigenvalue weighted by Crippen LogP contribution is 2.40. The number of para-hydroxylation sites is 2. The lowest BCUT2D eigenvalue weighted by atomic mass is 9.91. The normalized spacial score (nSPS) is 11.3. The molecule has 2 nitrogen and oxygen atoms in total. The van der Waals surface area contributed by atoms with Crippen molar-refractivity contribution in [3.05, 3.63) is 230 Å². The molecule has 0 radical (unpaired) electrons. The Morgan fingerprint density at radius 2 is 0.707 bits per heavy atom. The second-order valence-electron chi connectivity index (χ2n) is 15.1. The highest BCUT2D eigenvalue weighted by atomic mass is 15.1. The summed E-state index contributed by atoms with van der Waals surface area (Å²) in [7, 11) is 0. The molecule has 1 heterocycles. The van der Waals surface area contributed by atoms with Crippen LogP contribution in [0.3, 0.4) is 0 Å². The molecule has 0 aliphatic carbocycles. The van der Waals surface area contributed by atoms with Crippen LogP contribution in [0.4, 0.5) is 17.1 Å². The second-order valence-corrected chi connectivity index (χ2v) is 15.1. The van der Waals surface area contributed by atoms with Crippen LogP contribution in [0.15, 0.2) is 218 Å². The van der Waals surface area contributed by atoms with Crippen molar-refractivity contribution < 1.29 is 0 Å². The fourth-order valence-corrected chi connectivity index (χ4v) is 8.69. The number of fused-ring (bicyclic) bond motifs is 3. The Labute approximate surface area is 340 Å². The third kappa shape index (κ3) is 6.45. The van der Waals surface area contributed by atoms with Crippen LogP contribution in [-0.4, -0.2) is 4.57 Å². The zero-order valence-electron chi connectivity index (χ0n) is 32.7. The van der Waals surface area contributed by atoms with Gasteiger partial charge in [-0.2, -0.15) is 0 Å². The van der Waals surface area contributed by atoms with Gasteiger partial charge in [-0.1, -0.05) is 152 Å². The summed E-state index contributed by atoms with van der Waals surface area (Å²) in [6, 6.07) is 79.0. The molecule has 0 aliphatic heterocycles. The van der Waals surface area contributed by atoms with Gasteiger partial charge in [-0.15, -0.1) is 0 Å². The first-order valence-electron chi connectivity index (χ1n) is 20.0. The van der Waals surface area contributed by atoms with Gasteiger partial charge >= 0.3 is 0 Å². The number of hydrogen-bond acceptors (Lipinski definition) is 1. The molecular weight excluding hydrogens is 701 g/mol. The minimum Gasteiger partial charge on any atom is -0.311 e. The lowest BCUT2D eigenvalue weighted by Gasteiger charge is -2.26. The van der Waals surface area contributed by atoms with Crippen LogP contribution in [0.2, 0.25) is 0 Å². The van der Waals surface area contributed by atoms with Gasteiger partial charge in [0.05, 0.1) is 11.0 Å². The summed E-state index contributed by atoms with van der Waals surface area (Å²) >= 11 is 0. The summed E-state index contributed by atoms with van der Waals surface area (Å²) in [5.41, 5.74) is 19.3. The maximum atomic E-state index is 2.38. The predicted octanol–water partition coefficient (Wildman–Crippen LogP) is 15.5. The average molecular weight is 743 g/mol. The van der Waals surface area contributed by atoms with Crippen molar-refractivity contribution in [2.24, 2.45) is 0 Å². The summed E-state index contributed by atoms with van der Waals surface area (Å²) < 4.78 is 2.38. The first-order valence-corrected chi connectivity index (χ1v) is 20.0. The van der Waals surface area contributed by atoms with E-state index in [2.05, 4.69) is 242 Å². The molecule has 58 heavy (non-hydrogen) atoms.